The van der Waals surface area contributed by atoms with E-state index in [0.29, 0.717) is 35.5 Å². The van der Waals surface area contributed by atoms with Crippen molar-refractivity contribution in [2.24, 2.45) is 0 Å². The number of pyridine rings is 1. The van der Waals surface area contributed by atoms with Crippen LogP contribution in [0, 0.1) is 21.4 Å². The molecule has 2 atom stereocenters. The number of nitro groups is 1. The van der Waals surface area contributed by atoms with Gasteiger partial charge < -0.3 is 15.3 Å². The monoisotopic (exact) mass is 353 g/mol. The number of nitrogens with zero attached hydrogens (tertiary/aromatic N) is 4. The molecule has 1 aliphatic heterocycles. The molecule has 0 bridgehead atoms. The summed E-state index contributed by atoms with van der Waals surface area (Å²) < 4.78 is 0. The maximum atomic E-state index is 11.5. The van der Waals surface area contributed by atoms with Gasteiger partial charge in [0, 0.05) is 43.2 Å². The van der Waals surface area contributed by atoms with E-state index in [9.17, 15) is 20.5 Å². The molecule has 2 N–H and O–H groups in total. The highest BCUT2D eigenvalue weighted by atomic mass is 16.6. The highest BCUT2D eigenvalue weighted by Crippen LogP contribution is 2.35. The van der Waals surface area contributed by atoms with Crippen LogP contribution in [0.4, 0.5) is 11.4 Å². The minimum Gasteiger partial charge on any atom is -0.394 e. The van der Waals surface area contributed by atoms with Crippen molar-refractivity contribution in [2.75, 3.05) is 24.6 Å². The molecule has 1 aliphatic rings. The van der Waals surface area contributed by atoms with Gasteiger partial charge in [-0.25, -0.2) is 0 Å². The van der Waals surface area contributed by atoms with Gasteiger partial charge in [0.25, 0.3) is 5.69 Å². The summed E-state index contributed by atoms with van der Waals surface area (Å²) in [6.45, 7) is 2.95. The van der Waals surface area contributed by atoms with Crippen LogP contribution in [-0.2, 0) is 0 Å². The van der Waals surface area contributed by atoms with Crippen molar-refractivity contribution in [1.82, 2.24) is 10.3 Å². The van der Waals surface area contributed by atoms with Crippen LogP contribution in [0.15, 0.2) is 36.7 Å². The highest BCUT2D eigenvalue weighted by molar-refractivity contribution is 5.77. The Bertz CT molecular complexity index is 864. The Morgan fingerprint density at radius 3 is 3.00 bits per heavy atom. The second-order valence-electron chi connectivity index (χ2n) is 6.29. The minimum absolute atomic E-state index is 0.0244. The molecule has 0 spiro atoms. The number of rotatable bonds is 4. The fourth-order valence-electron chi connectivity index (χ4n) is 3.21. The molecular formula is C18H19N5O3. The second kappa shape index (κ2) is 7.47. The summed E-state index contributed by atoms with van der Waals surface area (Å²) in [5.41, 5.74) is 2.16. The third-order valence-electron chi connectivity index (χ3n) is 4.56. The molecule has 26 heavy (non-hydrogen) atoms. The van der Waals surface area contributed by atoms with E-state index in [4.69, 9.17) is 0 Å². The van der Waals surface area contributed by atoms with Crippen LogP contribution in [0.3, 0.4) is 0 Å². The fraction of sp³-hybridized carbons (Fsp3) is 0.333. The van der Waals surface area contributed by atoms with Crippen LogP contribution in [0.25, 0.3) is 11.1 Å². The topological polar surface area (TPSA) is 115 Å². The van der Waals surface area contributed by atoms with Gasteiger partial charge in [-0.2, -0.15) is 5.26 Å². The Balaban J connectivity index is 2.13. The lowest BCUT2D eigenvalue weighted by Crippen LogP contribution is -2.57. The predicted octanol–water partition coefficient (Wildman–Crippen LogP) is 1.69. The Morgan fingerprint density at radius 1 is 1.50 bits per heavy atom. The SMILES string of the molecule is CC1CN(c2cc(-c3cnccc3C#N)ccc2[N+](=O)[O-])C(CO)CN1. The van der Waals surface area contributed by atoms with Gasteiger partial charge in [0.05, 0.1) is 29.2 Å². The molecule has 0 saturated carbocycles. The Morgan fingerprint density at radius 2 is 2.31 bits per heavy atom. The average molecular weight is 353 g/mol. The van der Waals surface area contributed by atoms with Gasteiger partial charge in [-0.15, -0.1) is 0 Å². The summed E-state index contributed by atoms with van der Waals surface area (Å²) in [5.74, 6) is 0. The number of aliphatic hydroxyl groups is 1. The van der Waals surface area contributed by atoms with E-state index in [-0.39, 0.29) is 24.4 Å². The molecule has 1 aromatic heterocycles. The highest BCUT2D eigenvalue weighted by Gasteiger charge is 2.30. The number of hydrogen-bond acceptors (Lipinski definition) is 7. The number of nitrogens with one attached hydrogen (secondary N) is 1. The Labute approximate surface area is 150 Å². The smallest absolute Gasteiger partial charge is 0.292 e. The molecule has 2 unspecified atom stereocenters. The minimum atomic E-state index is -0.422. The lowest BCUT2D eigenvalue weighted by Gasteiger charge is -2.39. The quantitative estimate of drug-likeness (QED) is 0.635. The van der Waals surface area contributed by atoms with Gasteiger partial charge >= 0.3 is 0 Å². The number of hydrogen-bond donors (Lipinski definition) is 2. The number of aromatic nitrogens is 1. The predicted molar refractivity (Wildman–Crippen MR) is 96.7 cm³/mol. The number of aliphatic hydroxyl groups excluding tert-OH is 1. The third-order valence-corrected chi connectivity index (χ3v) is 4.56. The van der Waals surface area contributed by atoms with Crippen molar-refractivity contribution < 1.29 is 10.0 Å². The molecule has 0 amide bonds. The molecule has 134 valence electrons. The summed E-state index contributed by atoms with van der Waals surface area (Å²) >= 11 is 0. The van der Waals surface area contributed by atoms with Crippen LogP contribution in [-0.4, -0.2) is 46.8 Å². The van der Waals surface area contributed by atoms with Crippen LogP contribution in [0.2, 0.25) is 0 Å². The van der Waals surface area contributed by atoms with E-state index < -0.39 is 4.92 Å². The average Bonchev–Trinajstić information content (AvgIpc) is 2.67. The zero-order valence-corrected chi connectivity index (χ0v) is 14.3. The first-order valence-electron chi connectivity index (χ1n) is 8.29. The molecule has 1 aromatic carbocycles. The molecule has 8 nitrogen and oxygen atoms in total. The number of benzene rings is 1. The van der Waals surface area contributed by atoms with Crippen molar-refractivity contribution in [3.05, 3.63) is 52.3 Å². The van der Waals surface area contributed by atoms with Gasteiger partial charge in [-0.3, -0.25) is 15.1 Å². The van der Waals surface area contributed by atoms with Crippen molar-refractivity contribution in [1.29, 1.82) is 5.26 Å². The molecule has 8 heteroatoms. The fourth-order valence-corrected chi connectivity index (χ4v) is 3.21. The molecule has 2 aromatic rings. The van der Waals surface area contributed by atoms with Crippen LogP contribution in [0.1, 0.15) is 12.5 Å². The molecule has 2 heterocycles. The summed E-state index contributed by atoms with van der Waals surface area (Å²) in [4.78, 5) is 17.1. The normalized spacial score (nSPS) is 19.8. The van der Waals surface area contributed by atoms with E-state index in [2.05, 4.69) is 16.4 Å². The van der Waals surface area contributed by atoms with Crippen molar-refractivity contribution in [2.45, 2.75) is 19.0 Å². The molecule has 1 fully saturated rings. The Hall–Kier alpha value is -3.02. The van der Waals surface area contributed by atoms with E-state index >= 15 is 0 Å². The number of piperazine rings is 1. The summed E-state index contributed by atoms with van der Waals surface area (Å²) in [5, 5.41) is 33.8. The van der Waals surface area contributed by atoms with E-state index in [1.165, 1.54) is 12.3 Å². The van der Waals surface area contributed by atoms with Gasteiger partial charge in [0.2, 0.25) is 0 Å². The maximum absolute atomic E-state index is 11.5. The number of nitriles is 1. The largest absolute Gasteiger partial charge is 0.394 e. The maximum Gasteiger partial charge on any atom is 0.292 e. The van der Waals surface area contributed by atoms with Crippen LogP contribution >= 0.6 is 0 Å². The van der Waals surface area contributed by atoms with Gasteiger partial charge in [-0.1, -0.05) is 0 Å². The lowest BCUT2D eigenvalue weighted by atomic mass is 10.00. The standard InChI is InChI=1S/C18H19N5O3/c1-12-10-22(15(11-24)8-21-12)18-6-13(2-3-17(18)23(25)26)16-9-20-5-4-14(16)7-19/h2-6,9,12,15,21,24H,8,10-11H2,1H3. The van der Waals surface area contributed by atoms with Crippen LogP contribution in [0.5, 0.6) is 0 Å². The van der Waals surface area contributed by atoms with E-state index in [1.807, 2.05) is 11.8 Å². The lowest BCUT2D eigenvalue weighted by molar-refractivity contribution is -0.384. The van der Waals surface area contributed by atoms with Crippen molar-refractivity contribution >= 4 is 11.4 Å². The van der Waals surface area contributed by atoms with E-state index in [1.54, 1.807) is 24.4 Å². The molecule has 1 saturated heterocycles. The third kappa shape index (κ3) is 3.35. The molecule has 3 rings (SSSR count). The molecule has 0 aliphatic carbocycles. The second-order valence-corrected chi connectivity index (χ2v) is 6.29. The zero-order chi connectivity index (χ0) is 18.7. The molecular weight excluding hydrogens is 334 g/mol. The zero-order valence-electron chi connectivity index (χ0n) is 14.3. The van der Waals surface area contributed by atoms with E-state index in [0.717, 1.165) is 0 Å². The van der Waals surface area contributed by atoms with Crippen LogP contribution < -0.4 is 10.2 Å². The number of nitro benzene ring substituents is 1. The van der Waals surface area contributed by atoms with Gasteiger partial charge in [0.15, 0.2) is 0 Å². The summed E-state index contributed by atoms with van der Waals surface area (Å²) in [6.07, 6.45) is 3.11. The first-order valence-corrected chi connectivity index (χ1v) is 8.29. The first kappa shape index (κ1) is 17.8. The number of anilines is 1. The van der Waals surface area contributed by atoms with Crippen molar-refractivity contribution in [3.63, 3.8) is 0 Å². The first-order chi connectivity index (χ1) is 12.5. The summed E-state index contributed by atoms with van der Waals surface area (Å²) in [6, 6.07) is 8.38. The summed E-state index contributed by atoms with van der Waals surface area (Å²) in [7, 11) is 0. The Kier molecular flexibility index (Phi) is 5.11. The van der Waals surface area contributed by atoms with Gasteiger partial charge in [0.1, 0.15) is 5.69 Å². The van der Waals surface area contributed by atoms with Gasteiger partial charge in [-0.05, 0) is 30.7 Å². The molecule has 0 radical (unpaired) electrons. The van der Waals surface area contributed by atoms with Crippen molar-refractivity contribution in [3.8, 4) is 17.2 Å².